The average molecular weight is 316 g/mol. The molecule has 0 aliphatic heterocycles. The summed E-state index contributed by atoms with van der Waals surface area (Å²) in [5, 5.41) is 10.1. The third kappa shape index (κ3) is 3.26. The fraction of sp³-hybridized carbons (Fsp3) is 0.579. The van der Waals surface area contributed by atoms with E-state index in [4.69, 9.17) is 0 Å². The van der Waals surface area contributed by atoms with Crippen molar-refractivity contribution in [3.63, 3.8) is 0 Å². The van der Waals surface area contributed by atoms with E-state index in [0.29, 0.717) is 16.3 Å². The molecule has 0 spiro atoms. The predicted molar refractivity (Wildman–Crippen MR) is 94.9 cm³/mol. The van der Waals surface area contributed by atoms with E-state index in [9.17, 15) is 9.90 Å². The van der Waals surface area contributed by atoms with Gasteiger partial charge in [0.2, 0.25) is 0 Å². The summed E-state index contributed by atoms with van der Waals surface area (Å²) in [6.07, 6.45) is 7.38. The second kappa shape index (κ2) is 7.16. The van der Waals surface area contributed by atoms with Crippen molar-refractivity contribution in [2.24, 2.45) is 5.41 Å². The van der Waals surface area contributed by atoms with Crippen molar-refractivity contribution < 1.29 is 5.11 Å². The van der Waals surface area contributed by atoms with Crippen LogP contribution in [0.15, 0.2) is 29.3 Å². The summed E-state index contributed by atoms with van der Waals surface area (Å²) in [5.41, 5.74) is 1.01. The summed E-state index contributed by atoms with van der Waals surface area (Å²) in [7, 11) is 0. The minimum Gasteiger partial charge on any atom is -0.508 e. The highest BCUT2D eigenvalue weighted by Crippen LogP contribution is 2.53. The molecule has 0 saturated heterocycles. The molecule has 126 valence electrons. The standard InChI is InChI=1S/C17H22N2O2.C2H6/c1-3-7-17(4-2)9-12(10-17)19-11-18-15-6-5-13(20)8-14(15)16(19)21;1-2/h5-6,8,11-12,20H,3-4,7,9-10H2,1-2H3;1-2H3. The molecule has 23 heavy (non-hydrogen) atoms. The zero-order valence-electron chi connectivity index (χ0n) is 14.7. The van der Waals surface area contributed by atoms with E-state index in [1.54, 1.807) is 23.0 Å². The fourth-order valence-electron chi connectivity index (χ4n) is 3.72. The lowest BCUT2D eigenvalue weighted by molar-refractivity contribution is 0.0447. The van der Waals surface area contributed by atoms with Crippen LogP contribution in [0.5, 0.6) is 5.75 Å². The summed E-state index contributed by atoms with van der Waals surface area (Å²) in [4.78, 5) is 16.9. The van der Waals surface area contributed by atoms with Gasteiger partial charge in [-0.15, -0.1) is 0 Å². The Balaban J connectivity index is 0.000000924. The van der Waals surface area contributed by atoms with Crippen LogP contribution in [0.25, 0.3) is 10.9 Å². The van der Waals surface area contributed by atoms with Crippen LogP contribution in [-0.2, 0) is 0 Å². The molecule has 0 amide bonds. The third-order valence-corrected chi connectivity index (χ3v) is 5.03. The van der Waals surface area contributed by atoms with Gasteiger partial charge in [-0.25, -0.2) is 4.98 Å². The summed E-state index contributed by atoms with van der Waals surface area (Å²) in [6, 6.07) is 5.01. The molecular formula is C19H28N2O2. The maximum atomic E-state index is 12.6. The highest BCUT2D eigenvalue weighted by Gasteiger charge is 2.43. The SMILES string of the molecule is CC.CCCC1(CC)CC(n2cnc3ccc(O)cc3c2=O)C1. The van der Waals surface area contributed by atoms with Gasteiger partial charge in [0, 0.05) is 6.04 Å². The van der Waals surface area contributed by atoms with Gasteiger partial charge in [0.05, 0.1) is 17.2 Å². The Bertz CT molecular complexity index is 715. The van der Waals surface area contributed by atoms with Crippen LogP contribution < -0.4 is 5.56 Å². The Labute approximate surface area is 138 Å². The molecule has 4 heteroatoms. The number of aromatic nitrogens is 2. The lowest BCUT2D eigenvalue weighted by Gasteiger charge is -2.48. The summed E-state index contributed by atoms with van der Waals surface area (Å²) in [5.74, 6) is 0.113. The van der Waals surface area contributed by atoms with E-state index < -0.39 is 0 Å². The smallest absolute Gasteiger partial charge is 0.261 e. The number of phenols is 1. The van der Waals surface area contributed by atoms with Gasteiger partial charge in [-0.05, 0) is 42.9 Å². The molecule has 0 radical (unpaired) electrons. The molecule has 1 aliphatic rings. The van der Waals surface area contributed by atoms with Gasteiger partial charge in [-0.2, -0.15) is 0 Å². The number of fused-ring (bicyclic) bond motifs is 1. The van der Waals surface area contributed by atoms with E-state index in [1.165, 1.54) is 25.3 Å². The zero-order chi connectivity index (χ0) is 17.0. The van der Waals surface area contributed by atoms with E-state index in [-0.39, 0.29) is 17.4 Å². The Hall–Kier alpha value is -1.84. The second-order valence-corrected chi connectivity index (χ2v) is 6.32. The lowest BCUT2D eigenvalue weighted by Crippen LogP contribution is -2.41. The first kappa shape index (κ1) is 17.5. The lowest BCUT2D eigenvalue weighted by atomic mass is 9.61. The Kier molecular flexibility index (Phi) is 5.45. The first-order valence-corrected chi connectivity index (χ1v) is 8.78. The van der Waals surface area contributed by atoms with Gasteiger partial charge in [-0.3, -0.25) is 9.36 Å². The van der Waals surface area contributed by atoms with Gasteiger partial charge in [0.15, 0.2) is 0 Å². The highest BCUT2D eigenvalue weighted by molar-refractivity contribution is 5.78. The largest absolute Gasteiger partial charge is 0.508 e. The number of hydrogen-bond acceptors (Lipinski definition) is 3. The van der Waals surface area contributed by atoms with Crippen molar-refractivity contribution in [2.45, 2.75) is 65.8 Å². The molecule has 4 nitrogen and oxygen atoms in total. The van der Waals surface area contributed by atoms with Gasteiger partial charge in [0.1, 0.15) is 5.75 Å². The van der Waals surface area contributed by atoms with Gasteiger partial charge < -0.3 is 5.11 Å². The Morgan fingerprint density at radius 2 is 2.00 bits per heavy atom. The molecule has 0 unspecified atom stereocenters. The molecule has 0 atom stereocenters. The molecule has 1 heterocycles. The monoisotopic (exact) mass is 316 g/mol. The van der Waals surface area contributed by atoms with Crippen molar-refractivity contribution in [3.05, 3.63) is 34.9 Å². The van der Waals surface area contributed by atoms with E-state index in [1.807, 2.05) is 13.8 Å². The van der Waals surface area contributed by atoms with Gasteiger partial charge >= 0.3 is 0 Å². The zero-order valence-corrected chi connectivity index (χ0v) is 14.7. The van der Waals surface area contributed by atoms with Crippen molar-refractivity contribution in [3.8, 4) is 5.75 Å². The molecule has 1 fully saturated rings. The molecule has 1 N–H and O–H groups in total. The Morgan fingerprint density at radius 3 is 2.61 bits per heavy atom. The van der Waals surface area contributed by atoms with Crippen molar-refractivity contribution >= 4 is 10.9 Å². The van der Waals surface area contributed by atoms with Crippen LogP contribution in [0.2, 0.25) is 0 Å². The van der Waals surface area contributed by atoms with Crippen LogP contribution in [-0.4, -0.2) is 14.7 Å². The number of aromatic hydroxyl groups is 1. The van der Waals surface area contributed by atoms with E-state index in [0.717, 1.165) is 12.8 Å². The first-order chi connectivity index (χ1) is 11.1. The number of benzene rings is 1. The van der Waals surface area contributed by atoms with Crippen LogP contribution in [0.4, 0.5) is 0 Å². The minimum atomic E-state index is -0.0397. The van der Waals surface area contributed by atoms with Gasteiger partial charge in [-0.1, -0.05) is 40.5 Å². The normalized spacial score (nSPS) is 23.0. The molecule has 1 aliphatic carbocycles. The summed E-state index contributed by atoms with van der Waals surface area (Å²) < 4.78 is 1.76. The van der Waals surface area contributed by atoms with Gasteiger partial charge in [0.25, 0.3) is 5.56 Å². The summed E-state index contributed by atoms with van der Waals surface area (Å²) in [6.45, 7) is 8.46. The number of rotatable bonds is 4. The topological polar surface area (TPSA) is 55.1 Å². The molecule has 0 bridgehead atoms. The molecule has 1 aromatic carbocycles. The second-order valence-electron chi connectivity index (χ2n) is 6.32. The Morgan fingerprint density at radius 1 is 1.30 bits per heavy atom. The van der Waals surface area contributed by atoms with Crippen molar-refractivity contribution in [1.82, 2.24) is 9.55 Å². The highest BCUT2D eigenvalue weighted by atomic mass is 16.3. The maximum absolute atomic E-state index is 12.6. The molecule has 1 aromatic heterocycles. The molecule has 3 rings (SSSR count). The van der Waals surface area contributed by atoms with Crippen LogP contribution in [0.3, 0.4) is 0 Å². The molecular weight excluding hydrogens is 288 g/mol. The minimum absolute atomic E-state index is 0.0397. The number of nitrogens with zero attached hydrogens (tertiary/aromatic N) is 2. The number of phenolic OH excluding ortho intramolecular Hbond substituents is 1. The van der Waals surface area contributed by atoms with Crippen molar-refractivity contribution in [1.29, 1.82) is 0 Å². The maximum Gasteiger partial charge on any atom is 0.261 e. The fourth-order valence-corrected chi connectivity index (χ4v) is 3.72. The predicted octanol–water partition coefficient (Wildman–Crippen LogP) is 4.66. The van der Waals surface area contributed by atoms with E-state index >= 15 is 0 Å². The summed E-state index contributed by atoms with van der Waals surface area (Å²) >= 11 is 0. The average Bonchev–Trinajstić information content (AvgIpc) is 2.54. The van der Waals surface area contributed by atoms with Crippen LogP contribution >= 0.6 is 0 Å². The third-order valence-electron chi connectivity index (χ3n) is 5.03. The number of hydrogen-bond donors (Lipinski definition) is 1. The molecule has 1 saturated carbocycles. The first-order valence-electron chi connectivity index (χ1n) is 8.78. The van der Waals surface area contributed by atoms with E-state index in [2.05, 4.69) is 18.8 Å². The van der Waals surface area contributed by atoms with Crippen LogP contribution in [0, 0.1) is 5.41 Å². The quantitative estimate of drug-likeness (QED) is 0.892. The van der Waals surface area contributed by atoms with Crippen molar-refractivity contribution in [2.75, 3.05) is 0 Å². The van der Waals surface area contributed by atoms with Crippen LogP contribution in [0.1, 0.15) is 65.8 Å². The molecule has 2 aromatic rings.